The quantitative estimate of drug-likeness (QED) is 0.892. The Morgan fingerprint density at radius 3 is 2.92 bits per heavy atom. The van der Waals surface area contributed by atoms with Crippen molar-refractivity contribution in [3.8, 4) is 0 Å². The minimum absolute atomic E-state index is 0.123. The molecule has 1 saturated heterocycles. The van der Waals surface area contributed by atoms with Gasteiger partial charge in [-0.3, -0.25) is 4.90 Å². The molecule has 2 aromatic rings. The zero-order valence-electron chi connectivity index (χ0n) is 14.1. The summed E-state index contributed by atoms with van der Waals surface area (Å²) in [6.07, 6.45) is 2.01. The Bertz CT molecular complexity index is 918. The molecule has 0 amide bonds. The van der Waals surface area contributed by atoms with Crippen molar-refractivity contribution in [1.82, 2.24) is 4.90 Å². The summed E-state index contributed by atoms with van der Waals surface area (Å²) in [4.78, 5) is 5.34. The lowest BCUT2D eigenvalue weighted by atomic mass is 9.96. The van der Waals surface area contributed by atoms with Crippen molar-refractivity contribution in [2.24, 2.45) is 10.3 Å². The van der Waals surface area contributed by atoms with Crippen molar-refractivity contribution in [3.05, 3.63) is 46.2 Å². The highest BCUT2D eigenvalue weighted by Crippen LogP contribution is 2.30. The molecule has 7 heteroatoms. The molecule has 2 aliphatic heterocycles. The Labute approximate surface area is 152 Å². The maximum Gasteiger partial charge on any atom is 0.286 e. The highest BCUT2D eigenvalue weighted by molar-refractivity contribution is 7.90. The average Bonchev–Trinajstić information content (AvgIpc) is 2.99. The fourth-order valence-electron chi connectivity index (χ4n) is 3.52. The van der Waals surface area contributed by atoms with E-state index in [0.717, 1.165) is 32.5 Å². The van der Waals surface area contributed by atoms with Gasteiger partial charge >= 0.3 is 0 Å². The van der Waals surface area contributed by atoms with Crippen LogP contribution in [0.2, 0.25) is 0 Å². The van der Waals surface area contributed by atoms with Gasteiger partial charge in [0.05, 0.1) is 5.69 Å². The van der Waals surface area contributed by atoms with Crippen molar-refractivity contribution in [3.63, 3.8) is 0 Å². The van der Waals surface area contributed by atoms with Gasteiger partial charge in [-0.25, -0.2) is 0 Å². The van der Waals surface area contributed by atoms with Gasteiger partial charge in [-0.15, -0.1) is 15.7 Å². The van der Waals surface area contributed by atoms with E-state index < -0.39 is 10.0 Å². The Morgan fingerprint density at radius 1 is 1.28 bits per heavy atom. The second-order valence-electron chi connectivity index (χ2n) is 6.66. The minimum atomic E-state index is -3.60. The van der Waals surface area contributed by atoms with Crippen LogP contribution in [0.25, 0.3) is 0 Å². The summed E-state index contributed by atoms with van der Waals surface area (Å²) in [5.74, 6) is 0.712. The van der Waals surface area contributed by atoms with Crippen LogP contribution in [-0.2, 0) is 16.6 Å². The van der Waals surface area contributed by atoms with Gasteiger partial charge in [-0.1, -0.05) is 12.1 Å². The molecule has 1 atom stereocenters. The Kier molecular flexibility index (Phi) is 4.39. The number of thiophene rings is 1. The number of hydrogen-bond donors (Lipinski definition) is 1. The molecule has 1 unspecified atom stereocenters. The van der Waals surface area contributed by atoms with Crippen molar-refractivity contribution in [1.29, 1.82) is 0 Å². The number of likely N-dealkylation sites (tertiary alicyclic amines) is 1. The summed E-state index contributed by atoms with van der Waals surface area (Å²) >= 11 is 1.83. The third-order valence-electron chi connectivity index (χ3n) is 4.71. The van der Waals surface area contributed by atoms with Crippen LogP contribution in [0.5, 0.6) is 0 Å². The number of nitrogens with one attached hydrogen (secondary N) is 1. The summed E-state index contributed by atoms with van der Waals surface area (Å²) in [6, 6.07) is 11.3. The van der Waals surface area contributed by atoms with Crippen LogP contribution >= 0.6 is 11.3 Å². The lowest BCUT2D eigenvalue weighted by Crippen LogP contribution is -2.41. The lowest BCUT2D eigenvalue weighted by Gasteiger charge is -2.34. The highest BCUT2D eigenvalue weighted by atomic mass is 32.2. The lowest BCUT2D eigenvalue weighted by molar-refractivity contribution is 0.198. The van der Waals surface area contributed by atoms with Crippen LogP contribution in [-0.4, -0.2) is 32.2 Å². The number of amidine groups is 1. The van der Waals surface area contributed by atoms with Crippen LogP contribution in [0.15, 0.2) is 45.7 Å². The van der Waals surface area contributed by atoms with E-state index in [-0.39, 0.29) is 10.8 Å². The molecule has 0 radical (unpaired) electrons. The van der Waals surface area contributed by atoms with Gasteiger partial charge in [0.2, 0.25) is 0 Å². The van der Waals surface area contributed by atoms with Crippen molar-refractivity contribution >= 4 is 32.9 Å². The summed E-state index contributed by atoms with van der Waals surface area (Å²) in [6.45, 7) is 4.92. The highest BCUT2D eigenvalue weighted by Gasteiger charge is 2.31. The zero-order valence-corrected chi connectivity index (χ0v) is 15.7. The first-order valence-corrected chi connectivity index (χ1v) is 10.8. The number of hydrogen-bond acceptors (Lipinski definition) is 5. The van der Waals surface area contributed by atoms with E-state index in [4.69, 9.17) is 0 Å². The van der Waals surface area contributed by atoms with E-state index in [1.165, 1.54) is 9.75 Å². The van der Waals surface area contributed by atoms with E-state index in [9.17, 15) is 8.42 Å². The van der Waals surface area contributed by atoms with Crippen LogP contribution in [0, 0.1) is 12.8 Å². The van der Waals surface area contributed by atoms with Crippen molar-refractivity contribution < 1.29 is 8.42 Å². The van der Waals surface area contributed by atoms with Crippen LogP contribution < -0.4 is 5.32 Å². The van der Waals surface area contributed by atoms with Crippen molar-refractivity contribution in [2.45, 2.75) is 31.2 Å². The van der Waals surface area contributed by atoms with E-state index in [1.807, 2.05) is 17.4 Å². The molecule has 0 spiro atoms. The molecule has 1 N–H and O–H groups in total. The molecule has 1 fully saturated rings. The molecular formula is C18H21N3O2S2. The van der Waals surface area contributed by atoms with Gasteiger partial charge < -0.3 is 5.32 Å². The summed E-state index contributed by atoms with van der Waals surface area (Å²) in [5, 5.41) is 3.26. The largest absolute Gasteiger partial charge is 0.342 e. The maximum absolute atomic E-state index is 12.5. The fraction of sp³-hybridized carbons (Fsp3) is 0.389. The molecule has 3 heterocycles. The number of sulfonamides is 1. The molecule has 0 aliphatic carbocycles. The first kappa shape index (κ1) is 16.8. The van der Waals surface area contributed by atoms with Gasteiger partial charge in [0, 0.05) is 28.8 Å². The maximum atomic E-state index is 12.5. The predicted octanol–water partition coefficient (Wildman–Crippen LogP) is 3.48. The van der Waals surface area contributed by atoms with Crippen LogP contribution in [0.3, 0.4) is 0 Å². The molecule has 1 aromatic heterocycles. The summed E-state index contributed by atoms with van der Waals surface area (Å²) in [5.41, 5.74) is 0.638. The molecule has 5 nitrogen and oxygen atoms in total. The molecule has 0 bridgehead atoms. The molecule has 25 heavy (non-hydrogen) atoms. The number of anilines is 1. The Hall–Kier alpha value is -1.70. The number of benzene rings is 1. The van der Waals surface area contributed by atoms with Gasteiger partial charge in [0.15, 0.2) is 0 Å². The normalized spacial score (nSPS) is 22.8. The van der Waals surface area contributed by atoms with E-state index in [2.05, 4.69) is 33.7 Å². The zero-order chi connectivity index (χ0) is 17.4. The number of fused-ring (bicyclic) bond motifs is 1. The van der Waals surface area contributed by atoms with Crippen LogP contribution in [0.4, 0.5) is 5.69 Å². The summed E-state index contributed by atoms with van der Waals surface area (Å²) < 4.78 is 29.0. The second kappa shape index (κ2) is 6.55. The smallest absolute Gasteiger partial charge is 0.286 e. The molecule has 2 aliphatic rings. The molecular weight excluding hydrogens is 354 g/mol. The van der Waals surface area contributed by atoms with E-state index >= 15 is 0 Å². The minimum Gasteiger partial charge on any atom is -0.342 e. The van der Waals surface area contributed by atoms with Gasteiger partial charge in [0.1, 0.15) is 10.7 Å². The Morgan fingerprint density at radius 2 is 2.12 bits per heavy atom. The first-order valence-electron chi connectivity index (χ1n) is 8.50. The van der Waals surface area contributed by atoms with E-state index in [1.54, 1.807) is 18.2 Å². The number of aryl methyl sites for hydroxylation is 1. The number of nitrogens with zero attached hydrogens (tertiary/aromatic N) is 2. The van der Waals surface area contributed by atoms with Crippen molar-refractivity contribution in [2.75, 3.05) is 18.4 Å². The fourth-order valence-corrected chi connectivity index (χ4v) is 5.66. The monoisotopic (exact) mass is 375 g/mol. The molecule has 4 rings (SSSR count). The molecule has 0 saturated carbocycles. The second-order valence-corrected chi connectivity index (χ2v) is 9.60. The third-order valence-corrected chi connectivity index (χ3v) is 7.05. The molecule has 132 valence electrons. The number of rotatable bonds is 3. The number of piperidine rings is 1. The van der Waals surface area contributed by atoms with Gasteiger partial charge in [0.25, 0.3) is 10.0 Å². The van der Waals surface area contributed by atoms with Crippen LogP contribution in [0.1, 0.15) is 22.6 Å². The first-order chi connectivity index (χ1) is 12.0. The standard InChI is InChI=1S/C18H21N3O2S2/c1-13-8-9-15(24-13)12-21-10-4-5-14(11-21)18-19-16-6-2-3-7-17(16)25(22,23)20-18/h2-3,6-9,14H,4-5,10-12H2,1H3,(H,19,20). The number of para-hydroxylation sites is 1. The SMILES string of the molecule is Cc1ccc(CN2CCCC(C3=NS(=O)(=O)c4ccccc4N3)C2)s1. The van der Waals surface area contributed by atoms with Gasteiger partial charge in [-0.2, -0.15) is 8.42 Å². The Balaban J connectivity index is 1.53. The predicted molar refractivity (Wildman–Crippen MR) is 102 cm³/mol. The summed E-state index contributed by atoms with van der Waals surface area (Å²) in [7, 11) is -3.60. The molecule has 1 aromatic carbocycles. The van der Waals surface area contributed by atoms with Gasteiger partial charge in [-0.05, 0) is 50.6 Å². The van der Waals surface area contributed by atoms with E-state index in [0.29, 0.717) is 11.5 Å². The topological polar surface area (TPSA) is 61.8 Å². The average molecular weight is 376 g/mol. The third kappa shape index (κ3) is 3.49.